The Labute approximate surface area is 66.2 Å². The van der Waals surface area contributed by atoms with Crippen LogP contribution in [0, 0.1) is 5.92 Å². The Morgan fingerprint density at radius 2 is 1.70 bits per heavy atom. The molecule has 0 saturated carbocycles. The molecule has 0 unspecified atom stereocenters. The maximum Gasteiger partial charge on any atom is 0.185 e. The summed E-state index contributed by atoms with van der Waals surface area (Å²) in [6.45, 7) is 9.21. The molecule has 0 N–H and O–H groups in total. The average Bonchev–Trinajstić information content (AvgIpc) is 1.99. The van der Waals surface area contributed by atoms with E-state index in [4.69, 9.17) is 0 Å². The van der Waals surface area contributed by atoms with Crippen molar-refractivity contribution in [2.24, 2.45) is 5.92 Å². The molecule has 1 nitrogen and oxygen atoms in total. The molecule has 0 radical (unpaired) electrons. The minimum absolute atomic E-state index is 0.907. The molecule has 0 rings (SSSR count). The first-order chi connectivity index (χ1) is 4.74. The van der Waals surface area contributed by atoms with Gasteiger partial charge in [-0.25, -0.2) is 0 Å². The number of rotatable bonds is 5. The second-order valence-corrected chi connectivity index (χ2v) is 3.04. The zero-order valence-electron chi connectivity index (χ0n) is 7.85. The van der Waals surface area contributed by atoms with Gasteiger partial charge in [0.1, 0.15) is 0 Å². The molecule has 10 heavy (non-hydrogen) atoms. The van der Waals surface area contributed by atoms with Crippen molar-refractivity contribution in [1.82, 2.24) is 4.81 Å². The normalized spacial score (nSPS) is 11.3. The monoisotopic (exact) mass is 141 g/mol. The van der Waals surface area contributed by atoms with Crippen molar-refractivity contribution in [3.8, 4) is 0 Å². The largest absolute Gasteiger partial charge is 0.349 e. The molecule has 0 atom stereocenters. The topological polar surface area (TPSA) is 3.24 Å². The molecule has 0 heterocycles. The van der Waals surface area contributed by atoms with Crippen molar-refractivity contribution < 1.29 is 0 Å². The Balaban J connectivity index is 3.41. The second-order valence-electron chi connectivity index (χ2n) is 3.04. The van der Waals surface area contributed by atoms with Gasteiger partial charge in [-0.3, -0.25) is 0 Å². The Morgan fingerprint density at radius 3 is 2.00 bits per heavy atom. The van der Waals surface area contributed by atoms with E-state index in [1.807, 2.05) is 0 Å². The summed E-state index contributed by atoms with van der Waals surface area (Å²) in [5.41, 5.74) is 0. The Bertz CT molecular complexity index is 71.7. The van der Waals surface area contributed by atoms with Gasteiger partial charge in [-0.1, -0.05) is 33.6 Å². The van der Waals surface area contributed by atoms with Gasteiger partial charge in [-0.05, 0) is 19.0 Å². The molecule has 60 valence electrons. The molecular formula is C8H20BN. The number of hydrogen-bond donors (Lipinski definition) is 0. The van der Waals surface area contributed by atoms with Gasteiger partial charge in [0.25, 0.3) is 0 Å². The lowest BCUT2D eigenvalue weighted by Crippen LogP contribution is -2.26. The van der Waals surface area contributed by atoms with E-state index in [1.54, 1.807) is 0 Å². The van der Waals surface area contributed by atoms with E-state index < -0.39 is 0 Å². The lowest BCUT2D eigenvalue weighted by molar-refractivity contribution is 0.355. The van der Waals surface area contributed by atoms with Crippen LogP contribution in [0.5, 0.6) is 0 Å². The van der Waals surface area contributed by atoms with Gasteiger partial charge in [-0.2, -0.15) is 0 Å². The lowest BCUT2D eigenvalue weighted by atomic mass is 10.0. The fourth-order valence-corrected chi connectivity index (χ4v) is 1.12. The maximum absolute atomic E-state index is 2.39. The van der Waals surface area contributed by atoms with Crippen LogP contribution >= 0.6 is 0 Å². The molecule has 0 aromatic heterocycles. The highest BCUT2D eigenvalue weighted by atomic mass is 15.0. The van der Waals surface area contributed by atoms with Gasteiger partial charge in [-0.15, -0.1) is 0 Å². The van der Waals surface area contributed by atoms with Gasteiger partial charge in [0.05, 0.1) is 0 Å². The molecule has 0 aromatic carbocycles. The minimum Gasteiger partial charge on any atom is -0.349 e. The lowest BCUT2D eigenvalue weighted by Gasteiger charge is -2.20. The molecule has 0 aliphatic carbocycles. The summed E-state index contributed by atoms with van der Waals surface area (Å²) >= 11 is 0. The minimum atomic E-state index is 0.907. The van der Waals surface area contributed by atoms with Crippen LogP contribution in [0.1, 0.15) is 33.6 Å². The van der Waals surface area contributed by atoms with Crippen molar-refractivity contribution in [2.75, 3.05) is 13.1 Å². The van der Waals surface area contributed by atoms with Crippen LogP contribution in [0.25, 0.3) is 0 Å². The predicted octanol–water partition coefficient (Wildman–Crippen LogP) is 1.29. The van der Waals surface area contributed by atoms with E-state index in [0.29, 0.717) is 0 Å². The zero-order chi connectivity index (χ0) is 7.98. The molecule has 0 amide bonds. The third-order valence-corrected chi connectivity index (χ3v) is 2.26. The summed E-state index contributed by atoms with van der Waals surface area (Å²) in [6, 6.07) is 0. The third-order valence-electron chi connectivity index (χ3n) is 2.26. The standard InChI is InChI=1S/C8H20BN/c1-4-8(5-2)7-10(9)6-3/h8H,4-7,9H2,1-3H3. The van der Waals surface area contributed by atoms with Crippen molar-refractivity contribution in [1.29, 1.82) is 0 Å². The Morgan fingerprint density at radius 1 is 1.20 bits per heavy atom. The summed E-state index contributed by atoms with van der Waals surface area (Å²) in [5.74, 6) is 0.907. The van der Waals surface area contributed by atoms with E-state index in [2.05, 4.69) is 33.6 Å². The summed E-state index contributed by atoms with van der Waals surface area (Å²) in [4.78, 5) is 2.39. The van der Waals surface area contributed by atoms with Crippen LogP contribution in [-0.2, 0) is 0 Å². The highest BCUT2D eigenvalue weighted by Gasteiger charge is 2.04. The third kappa shape index (κ3) is 3.94. The van der Waals surface area contributed by atoms with Crippen LogP contribution in [0.2, 0.25) is 0 Å². The van der Waals surface area contributed by atoms with Crippen LogP contribution in [-0.4, -0.2) is 25.9 Å². The van der Waals surface area contributed by atoms with E-state index >= 15 is 0 Å². The van der Waals surface area contributed by atoms with Crippen molar-refractivity contribution >= 4 is 7.98 Å². The first-order valence-corrected chi connectivity index (χ1v) is 4.43. The van der Waals surface area contributed by atoms with Crippen LogP contribution in [0.15, 0.2) is 0 Å². The first-order valence-electron chi connectivity index (χ1n) is 4.43. The molecule has 2 heteroatoms. The molecule has 0 aliphatic heterocycles. The Hall–Kier alpha value is 0.0249. The van der Waals surface area contributed by atoms with E-state index in [-0.39, 0.29) is 0 Å². The summed E-state index contributed by atoms with van der Waals surface area (Å²) in [7, 11) is 2.19. The highest BCUT2D eigenvalue weighted by molar-refractivity contribution is 6.04. The average molecular weight is 141 g/mol. The fourth-order valence-electron chi connectivity index (χ4n) is 1.12. The van der Waals surface area contributed by atoms with Gasteiger partial charge >= 0.3 is 0 Å². The Kier molecular flexibility index (Phi) is 5.80. The molecule has 0 saturated heterocycles. The number of nitrogens with zero attached hydrogens (tertiary/aromatic N) is 1. The van der Waals surface area contributed by atoms with Crippen molar-refractivity contribution in [3.63, 3.8) is 0 Å². The smallest absolute Gasteiger partial charge is 0.185 e. The van der Waals surface area contributed by atoms with Gasteiger partial charge in [0.2, 0.25) is 0 Å². The summed E-state index contributed by atoms with van der Waals surface area (Å²) < 4.78 is 0. The van der Waals surface area contributed by atoms with Crippen LogP contribution < -0.4 is 0 Å². The fraction of sp³-hybridized carbons (Fsp3) is 1.00. The molecule has 0 aliphatic rings. The predicted molar refractivity (Wildman–Crippen MR) is 49.9 cm³/mol. The van der Waals surface area contributed by atoms with E-state index in [1.165, 1.54) is 25.9 Å². The first kappa shape index (κ1) is 10.0. The molecular weight excluding hydrogens is 121 g/mol. The highest BCUT2D eigenvalue weighted by Crippen LogP contribution is 2.07. The number of hydrogen-bond acceptors (Lipinski definition) is 1. The van der Waals surface area contributed by atoms with E-state index in [0.717, 1.165) is 5.92 Å². The quantitative estimate of drug-likeness (QED) is 0.521. The molecule has 0 spiro atoms. The summed E-state index contributed by atoms with van der Waals surface area (Å²) in [5, 5.41) is 0. The molecule has 0 aromatic rings. The second kappa shape index (κ2) is 5.78. The maximum atomic E-state index is 2.39. The van der Waals surface area contributed by atoms with Gasteiger partial charge in [0, 0.05) is 0 Å². The van der Waals surface area contributed by atoms with Crippen LogP contribution in [0.4, 0.5) is 0 Å². The van der Waals surface area contributed by atoms with E-state index in [9.17, 15) is 0 Å². The molecule has 0 fully saturated rings. The van der Waals surface area contributed by atoms with Crippen molar-refractivity contribution in [2.45, 2.75) is 33.6 Å². The summed E-state index contributed by atoms with van der Waals surface area (Å²) in [6.07, 6.45) is 2.64. The SMILES string of the molecule is BN(CC)CC(CC)CC. The van der Waals surface area contributed by atoms with Crippen LogP contribution in [0.3, 0.4) is 0 Å². The van der Waals surface area contributed by atoms with Gasteiger partial charge < -0.3 is 4.81 Å². The molecule has 0 bridgehead atoms. The zero-order valence-corrected chi connectivity index (χ0v) is 7.85. The van der Waals surface area contributed by atoms with Gasteiger partial charge in [0.15, 0.2) is 7.98 Å². The van der Waals surface area contributed by atoms with Crippen molar-refractivity contribution in [3.05, 3.63) is 0 Å².